The molecule has 0 aliphatic rings. The number of ketones is 2. The first kappa shape index (κ1) is 43.1. The summed E-state index contributed by atoms with van der Waals surface area (Å²) in [6.45, 7) is 22.5. The van der Waals surface area contributed by atoms with E-state index < -0.39 is 11.9 Å². The molecule has 0 spiro atoms. The molecule has 0 aromatic carbocycles. The van der Waals surface area contributed by atoms with Gasteiger partial charge in [-0.15, -0.1) is 0 Å². The van der Waals surface area contributed by atoms with E-state index in [0.29, 0.717) is 6.61 Å². The predicted octanol–water partition coefficient (Wildman–Crippen LogP) is 3.31. The van der Waals surface area contributed by atoms with Crippen LogP contribution in [-0.2, 0) is 38.2 Å². The van der Waals surface area contributed by atoms with Gasteiger partial charge in [-0.25, -0.2) is 9.59 Å². The van der Waals surface area contributed by atoms with Crippen molar-refractivity contribution in [3.63, 3.8) is 0 Å². The fraction of sp³-hybridized carbons (Fsp3) is 0.391. The van der Waals surface area contributed by atoms with Gasteiger partial charge in [0.05, 0.1) is 12.9 Å². The van der Waals surface area contributed by atoms with Gasteiger partial charge in [-0.2, -0.15) is 0 Å². The summed E-state index contributed by atoms with van der Waals surface area (Å²) in [4.78, 5) is 57.7. The van der Waals surface area contributed by atoms with Gasteiger partial charge in [0.2, 0.25) is 5.91 Å². The van der Waals surface area contributed by atoms with Gasteiger partial charge in [0.15, 0.2) is 0 Å². The van der Waals surface area contributed by atoms with Crippen molar-refractivity contribution < 1.29 is 43.3 Å². The molecular formula is C23H39NO9. The van der Waals surface area contributed by atoms with E-state index in [9.17, 15) is 28.8 Å². The molecule has 0 aliphatic heterocycles. The number of Topliss-reactive ketones (excluding diaryl/α,β-unsaturated/α-hetero) is 2. The molecule has 0 radical (unpaired) electrons. The lowest BCUT2D eigenvalue weighted by atomic mass is 10.4. The molecule has 0 rings (SSSR count). The van der Waals surface area contributed by atoms with Crippen molar-refractivity contribution in [1.29, 1.82) is 0 Å². The Hall–Kier alpha value is -3.82. The van der Waals surface area contributed by atoms with Crippen molar-refractivity contribution in [3.05, 3.63) is 50.8 Å². The van der Waals surface area contributed by atoms with E-state index in [1.165, 1.54) is 40.7 Å². The quantitative estimate of drug-likeness (QED) is 0.244. The van der Waals surface area contributed by atoms with Crippen LogP contribution in [-0.4, -0.2) is 47.1 Å². The summed E-state index contributed by atoms with van der Waals surface area (Å²) >= 11 is 0. The largest absolute Gasteiger partial charge is 0.478 e. The zero-order chi connectivity index (χ0) is 27.8. The number of carbonyl (C=O) groups is 6. The van der Waals surface area contributed by atoms with Gasteiger partial charge >= 0.3 is 17.9 Å². The highest BCUT2D eigenvalue weighted by Crippen LogP contribution is 1.88. The van der Waals surface area contributed by atoms with E-state index in [1.807, 2.05) is 6.92 Å². The van der Waals surface area contributed by atoms with Crippen molar-refractivity contribution in [1.82, 2.24) is 0 Å². The van der Waals surface area contributed by atoms with Crippen LogP contribution < -0.4 is 5.73 Å². The van der Waals surface area contributed by atoms with Gasteiger partial charge < -0.3 is 29.9 Å². The van der Waals surface area contributed by atoms with Crippen LogP contribution >= 0.6 is 0 Å². The Balaban J connectivity index is -0.0000000683. The van der Waals surface area contributed by atoms with Gasteiger partial charge in [0, 0.05) is 19.1 Å². The van der Waals surface area contributed by atoms with Gasteiger partial charge in [-0.3, -0.25) is 9.59 Å². The molecule has 0 fully saturated rings. The smallest absolute Gasteiger partial charge is 0.330 e. The number of esters is 2. The number of ether oxygens (including phenoxy) is 2. The first-order valence-corrected chi connectivity index (χ1v) is 9.38. The molecule has 0 heterocycles. The molecule has 3 N–H and O–H groups in total. The molecule has 0 saturated heterocycles. The summed E-state index contributed by atoms with van der Waals surface area (Å²) in [6.07, 6.45) is 6.14. The van der Waals surface area contributed by atoms with Crippen LogP contribution in [0, 0.1) is 0 Å². The lowest BCUT2D eigenvalue weighted by Gasteiger charge is -1.97. The second kappa shape index (κ2) is 38.7. The first-order valence-electron chi connectivity index (χ1n) is 9.38. The molecule has 0 bridgehead atoms. The van der Waals surface area contributed by atoms with Gasteiger partial charge in [-0.1, -0.05) is 39.7 Å². The second-order valence-electron chi connectivity index (χ2n) is 5.47. The Morgan fingerprint density at radius 3 is 1.27 bits per heavy atom. The number of rotatable bonds is 7. The van der Waals surface area contributed by atoms with Gasteiger partial charge in [0.1, 0.15) is 11.6 Å². The summed E-state index contributed by atoms with van der Waals surface area (Å²) in [5.74, 6) is -1.79. The highest BCUT2D eigenvalue weighted by molar-refractivity contribution is 5.85. The van der Waals surface area contributed by atoms with Crippen LogP contribution in [0.5, 0.6) is 0 Å². The molecule has 1 amide bonds. The third-order valence-electron chi connectivity index (χ3n) is 1.53. The summed E-state index contributed by atoms with van der Waals surface area (Å²) in [5, 5.41) is 7.60. The zero-order valence-electron chi connectivity index (χ0n) is 20.5. The summed E-state index contributed by atoms with van der Waals surface area (Å²) < 4.78 is 8.84. The Morgan fingerprint density at radius 1 is 0.818 bits per heavy atom. The maximum absolute atomic E-state index is 10.3. The van der Waals surface area contributed by atoms with Crippen molar-refractivity contribution in [3.8, 4) is 0 Å². The average molecular weight is 474 g/mol. The van der Waals surface area contributed by atoms with E-state index in [2.05, 4.69) is 41.5 Å². The van der Waals surface area contributed by atoms with Crippen LogP contribution in [0.2, 0.25) is 0 Å². The second-order valence-corrected chi connectivity index (χ2v) is 5.47. The number of carboxylic acids is 1. The van der Waals surface area contributed by atoms with E-state index in [1.54, 1.807) is 0 Å². The molecule has 0 aliphatic carbocycles. The van der Waals surface area contributed by atoms with E-state index in [0.717, 1.165) is 31.3 Å². The topological polar surface area (TPSA) is 167 Å². The molecular weight excluding hydrogens is 434 g/mol. The third kappa shape index (κ3) is 186. The first-order chi connectivity index (χ1) is 15.1. The van der Waals surface area contributed by atoms with E-state index in [4.69, 9.17) is 5.11 Å². The molecule has 0 saturated carbocycles. The standard InChI is InChI=1S/C7H12O2.C4H6O2.C3H5NO.C3H4O2.2C3H6O/c1-3-5-6-9-7(8)4-2;1-3-6-4(2)5;2*1-2-3(4)5;2*1-3(2)4/h4H,2-3,5-6H2,1H3;3H,1H2,2H3;2H,1H2,(H2,4,5);2H,1H2,(H,4,5);2*1-2H3. The maximum atomic E-state index is 10.3. The number of carboxylic acid groups (broad SMARTS) is 1. The Bertz CT molecular complexity index is 571. The lowest BCUT2D eigenvalue weighted by molar-refractivity contribution is -0.138. The molecule has 10 heteroatoms. The van der Waals surface area contributed by atoms with Crippen LogP contribution in [0.3, 0.4) is 0 Å². The molecule has 33 heavy (non-hydrogen) atoms. The zero-order valence-corrected chi connectivity index (χ0v) is 20.5. The summed E-state index contributed by atoms with van der Waals surface area (Å²) in [6, 6.07) is 0. The van der Waals surface area contributed by atoms with Crippen LogP contribution in [0.1, 0.15) is 54.4 Å². The number of carbonyl (C=O) groups excluding carboxylic acids is 5. The monoisotopic (exact) mass is 473 g/mol. The normalized spacial score (nSPS) is 7.09. The number of nitrogens with two attached hydrogens (primary N) is 1. The van der Waals surface area contributed by atoms with Crippen LogP contribution in [0.4, 0.5) is 0 Å². The minimum absolute atomic E-state index is 0.167. The SMILES string of the molecule is C=CC(=O)O.C=CC(=O)OCCCC.C=CC(N)=O.C=COC(C)=O.CC(C)=O.CC(C)=O. The Labute approximate surface area is 196 Å². The number of hydrogen-bond donors (Lipinski definition) is 2. The minimum Gasteiger partial charge on any atom is -0.478 e. The summed E-state index contributed by atoms with van der Waals surface area (Å²) in [7, 11) is 0. The average Bonchev–Trinajstić information content (AvgIpc) is 2.68. The van der Waals surface area contributed by atoms with Gasteiger partial charge in [0.25, 0.3) is 0 Å². The Morgan fingerprint density at radius 2 is 1.15 bits per heavy atom. The van der Waals surface area contributed by atoms with E-state index in [-0.39, 0.29) is 23.5 Å². The Kier molecular flexibility index (Phi) is 50.6. The number of aliphatic carboxylic acids is 1. The number of unbranched alkanes of at least 4 members (excludes halogenated alkanes) is 1. The van der Waals surface area contributed by atoms with Gasteiger partial charge in [-0.05, 0) is 40.2 Å². The maximum Gasteiger partial charge on any atom is 0.330 e. The predicted molar refractivity (Wildman–Crippen MR) is 128 cm³/mol. The lowest BCUT2D eigenvalue weighted by Crippen LogP contribution is -2.04. The summed E-state index contributed by atoms with van der Waals surface area (Å²) in [5.41, 5.74) is 4.53. The van der Waals surface area contributed by atoms with E-state index >= 15 is 0 Å². The number of primary amides is 1. The minimum atomic E-state index is -0.981. The van der Waals surface area contributed by atoms with Crippen molar-refractivity contribution in [2.45, 2.75) is 54.4 Å². The fourth-order valence-corrected chi connectivity index (χ4v) is 0.493. The van der Waals surface area contributed by atoms with Crippen LogP contribution in [0.25, 0.3) is 0 Å². The number of hydrogen-bond acceptors (Lipinski definition) is 8. The molecule has 0 aromatic heterocycles. The third-order valence-corrected chi connectivity index (χ3v) is 1.53. The van der Waals surface area contributed by atoms with Crippen molar-refractivity contribution in [2.24, 2.45) is 5.73 Å². The molecule has 0 atom stereocenters. The fourth-order valence-electron chi connectivity index (χ4n) is 0.493. The highest BCUT2D eigenvalue weighted by Gasteiger charge is 1.91. The highest BCUT2D eigenvalue weighted by atomic mass is 16.5. The van der Waals surface area contributed by atoms with Crippen molar-refractivity contribution in [2.75, 3.05) is 6.61 Å². The molecule has 0 unspecified atom stereocenters. The van der Waals surface area contributed by atoms with Crippen LogP contribution in [0.15, 0.2) is 50.8 Å². The van der Waals surface area contributed by atoms with Crippen molar-refractivity contribution >= 4 is 35.4 Å². The molecule has 190 valence electrons. The molecule has 0 aromatic rings. The molecule has 10 nitrogen and oxygen atoms in total. The number of amides is 1.